The first kappa shape index (κ1) is 25.7. The number of methoxy groups -OCH3 is 3. The second kappa shape index (κ2) is 12.0. The number of ether oxygens (including phenoxy) is 3. The number of hydrogen-bond acceptors (Lipinski definition) is 5. The molecule has 1 heterocycles. The van der Waals surface area contributed by atoms with E-state index >= 15 is 0 Å². The van der Waals surface area contributed by atoms with E-state index in [1.807, 2.05) is 24.3 Å². The van der Waals surface area contributed by atoms with E-state index in [9.17, 15) is 4.39 Å². The van der Waals surface area contributed by atoms with Gasteiger partial charge in [0.25, 0.3) is 0 Å². The second-order valence-electron chi connectivity index (χ2n) is 8.20. The van der Waals surface area contributed by atoms with Crippen LogP contribution in [0.4, 0.5) is 10.1 Å². The molecule has 0 amide bonds. The van der Waals surface area contributed by atoms with Crippen molar-refractivity contribution in [2.24, 2.45) is 0 Å². The molecule has 0 bridgehead atoms. The summed E-state index contributed by atoms with van der Waals surface area (Å²) in [7, 11) is 4.85. The molecule has 1 saturated heterocycles. The fraction of sp³-hybridized carbons (Fsp3) is 0.333. The summed E-state index contributed by atoms with van der Waals surface area (Å²) in [5.74, 6) is 1.61. The van der Waals surface area contributed by atoms with Crippen LogP contribution in [0.15, 0.2) is 60.7 Å². The lowest BCUT2D eigenvalue weighted by atomic mass is 9.99. The Morgan fingerprint density at radius 2 is 1.50 bits per heavy atom. The van der Waals surface area contributed by atoms with E-state index in [2.05, 4.69) is 34.5 Å². The minimum absolute atomic E-state index is 0. The van der Waals surface area contributed by atoms with Crippen LogP contribution in [-0.2, 0) is 6.54 Å². The highest BCUT2D eigenvalue weighted by atomic mass is 35.5. The van der Waals surface area contributed by atoms with Gasteiger partial charge in [0.1, 0.15) is 5.82 Å². The van der Waals surface area contributed by atoms with Crippen molar-refractivity contribution in [3.05, 3.63) is 72.0 Å². The second-order valence-corrected chi connectivity index (χ2v) is 8.20. The van der Waals surface area contributed by atoms with Gasteiger partial charge in [-0.25, -0.2) is 4.39 Å². The van der Waals surface area contributed by atoms with Crippen LogP contribution in [0.3, 0.4) is 0 Å². The highest BCUT2D eigenvalue weighted by Gasteiger charge is 2.22. The molecule has 1 aliphatic heterocycles. The number of nitrogens with zero attached hydrogens (tertiary/aromatic N) is 1. The topological polar surface area (TPSA) is 43.0 Å². The zero-order chi connectivity index (χ0) is 23.2. The van der Waals surface area contributed by atoms with E-state index in [0.29, 0.717) is 23.3 Å². The van der Waals surface area contributed by atoms with Gasteiger partial charge in [-0.3, -0.25) is 0 Å². The molecule has 0 spiro atoms. The molecule has 1 N–H and O–H groups in total. The van der Waals surface area contributed by atoms with Gasteiger partial charge in [0.2, 0.25) is 5.75 Å². The minimum Gasteiger partial charge on any atom is -0.493 e. The minimum atomic E-state index is -0.214. The van der Waals surface area contributed by atoms with Crippen molar-refractivity contribution in [2.75, 3.05) is 39.3 Å². The van der Waals surface area contributed by atoms with Gasteiger partial charge in [0, 0.05) is 18.3 Å². The molecule has 1 aliphatic rings. The third-order valence-corrected chi connectivity index (χ3v) is 6.19. The van der Waals surface area contributed by atoms with E-state index in [0.717, 1.165) is 49.3 Å². The van der Waals surface area contributed by atoms with E-state index in [1.165, 1.54) is 17.7 Å². The molecule has 34 heavy (non-hydrogen) atoms. The predicted molar refractivity (Wildman–Crippen MR) is 137 cm³/mol. The SMILES string of the molecule is COc1cc(-c2cccc(CN(c3ccc(F)cc3)C3CCNCC3)c2)cc(OC)c1OC.Cl. The van der Waals surface area contributed by atoms with E-state index < -0.39 is 0 Å². The van der Waals surface area contributed by atoms with Gasteiger partial charge in [0.15, 0.2) is 11.5 Å². The Hall–Kier alpha value is -2.96. The number of anilines is 1. The highest BCUT2D eigenvalue weighted by molar-refractivity contribution is 5.85. The third kappa shape index (κ3) is 5.75. The van der Waals surface area contributed by atoms with Crippen molar-refractivity contribution in [3.63, 3.8) is 0 Å². The van der Waals surface area contributed by atoms with Crippen LogP contribution in [0.1, 0.15) is 18.4 Å². The Morgan fingerprint density at radius 1 is 0.853 bits per heavy atom. The normalized spacial score (nSPS) is 13.6. The van der Waals surface area contributed by atoms with Crippen molar-refractivity contribution in [1.29, 1.82) is 0 Å². The largest absolute Gasteiger partial charge is 0.493 e. The number of benzene rings is 3. The van der Waals surface area contributed by atoms with Crippen LogP contribution < -0.4 is 24.4 Å². The average Bonchev–Trinajstić information content (AvgIpc) is 2.87. The van der Waals surface area contributed by atoms with Crippen LogP contribution >= 0.6 is 12.4 Å². The fourth-order valence-electron chi connectivity index (χ4n) is 4.48. The maximum absolute atomic E-state index is 13.6. The fourth-order valence-corrected chi connectivity index (χ4v) is 4.48. The van der Waals surface area contributed by atoms with Crippen molar-refractivity contribution in [2.45, 2.75) is 25.4 Å². The van der Waals surface area contributed by atoms with E-state index in [4.69, 9.17) is 14.2 Å². The lowest BCUT2D eigenvalue weighted by molar-refractivity contribution is 0.324. The van der Waals surface area contributed by atoms with Crippen molar-refractivity contribution in [1.82, 2.24) is 5.32 Å². The number of hydrogen-bond donors (Lipinski definition) is 1. The van der Waals surface area contributed by atoms with E-state index in [-0.39, 0.29) is 18.2 Å². The van der Waals surface area contributed by atoms with Crippen molar-refractivity contribution < 1.29 is 18.6 Å². The molecular weight excluding hydrogens is 455 g/mol. The van der Waals surface area contributed by atoms with Crippen LogP contribution in [-0.4, -0.2) is 40.5 Å². The number of piperidine rings is 1. The molecule has 1 fully saturated rings. The van der Waals surface area contributed by atoms with Gasteiger partial charge in [-0.15, -0.1) is 12.4 Å². The molecule has 0 saturated carbocycles. The summed E-state index contributed by atoms with van der Waals surface area (Å²) in [6.07, 6.45) is 2.12. The van der Waals surface area contributed by atoms with Gasteiger partial charge in [-0.1, -0.05) is 18.2 Å². The Labute approximate surface area is 207 Å². The summed E-state index contributed by atoms with van der Waals surface area (Å²) in [4.78, 5) is 2.40. The maximum Gasteiger partial charge on any atom is 0.203 e. The quantitative estimate of drug-likeness (QED) is 0.442. The Kier molecular flexibility index (Phi) is 9.02. The van der Waals surface area contributed by atoms with Crippen LogP contribution in [0.2, 0.25) is 0 Å². The summed E-state index contributed by atoms with van der Waals surface area (Å²) in [5.41, 5.74) is 4.28. The number of rotatable bonds is 8. The first-order valence-corrected chi connectivity index (χ1v) is 11.2. The van der Waals surface area contributed by atoms with Crippen LogP contribution in [0, 0.1) is 5.82 Å². The molecule has 4 rings (SSSR count). The molecule has 0 atom stereocenters. The molecule has 0 radical (unpaired) electrons. The Morgan fingerprint density at radius 3 is 2.09 bits per heavy atom. The van der Waals surface area contributed by atoms with Crippen molar-refractivity contribution >= 4 is 18.1 Å². The summed E-state index contributed by atoms with van der Waals surface area (Å²) in [6, 6.07) is 19.6. The smallest absolute Gasteiger partial charge is 0.203 e. The predicted octanol–water partition coefficient (Wildman–Crippen LogP) is 5.70. The summed E-state index contributed by atoms with van der Waals surface area (Å²) >= 11 is 0. The number of halogens is 2. The lowest BCUT2D eigenvalue weighted by Crippen LogP contribution is -2.43. The zero-order valence-electron chi connectivity index (χ0n) is 19.8. The Balaban J connectivity index is 0.00000324. The summed E-state index contributed by atoms with van der Waals surface area (Å²) < 4.78 is 30.1. The lowest BCUT2D eigenvalue weighted by Gasteiger charge is -2.36. The highest BCUT2D eigenvalue weighted by Crippen LogP contribution is 2.41. The summed E-state index contributed by atoms with van der Waals surface area (Å²) in [5, 5.41) is 3.43. The third-order valence-electron chi connectivity index (χ3n) is 6.19. The van der Waals surface area contributed by atoms with Gasteiger partial charge in [-0.05, 0) is 85.1 Å². The van der Waals surface area contributed by atoms with Crippen molar-refractivity contribution in [3.8, 4) is 28.4 Å². The molecule has 0 unspecified atom stereocenters. The molecular formula is C27H32ClFN2O3. The average molecular weight is 487 g/mol. The molecule has 3 aromatic carbocycles. The molecule has 0 aromatic heterocycles. The van der Waals surface area contributed by atoms with E-state index in [1.54, 1.807) is 21.3 Å². The molecule has 0 aliphatic carbocycles. The van der Waals surface area contributed by atoms with Crippen LogP contribution in [0.25, 0.3) is 11.1 Å². The molecule has 182 valence electrons. The number of nitrogens with one attached hydrogen (secondary N) is 1. The summed E-state index contributed by atoms with van der Waals surface area (Å²) in [6.45, 7) is 2.73. The molecule has 7 heteroatoms. The first-order valence-electron chi connectivity index (χ1n) is 11.2. The van der Waals surface area contributed by atoms with Crippen LogP contribution in [0.5, 0.6) is 17.2 Å². The van der Waals surface area contributed by atoms with Gasteiger partial charge >= 0.3 is 0 Å². The monoisotopic (exact) mass is 486 g/mol. The van der Waals surface area contributed by atoms with Gasteiger partial charge in [-0.2, -0.15) is 0 Å². The standard InChI is InChI=1S/C27H31FN2O3.ClH/c1-31-25-16-21(17-26(32-2)27(25)33-3)20-6-4-5-19(15-20)18-30(24-11-13-29-14-12-24)23-9-7-22(28)8-10-23;/h4-10,15-17,24,29H,11-14,18H2,1-3H3;1H. The first-order chi connectivity index (χ1) is 16.1. The zero-order valence-corrected chi connectivity index (χ0v) is 20.7. The van der Waals surface area contributed by atoms with Gasteiger partial charge < -0.3 is 24.4 Å². The molecule has 3 aromatic rings. The van der Waals surface area contributed by atoms with Gasteiger partial charge in [0.05, 0.1) is 21.3 Å². The molecule has 5 nitrogen and oxygen atoms in total. The Bertz CT molecular complexity index is 1050. The maximum atomic E-state index is 13.6.